The van der Waals surface area contributed by atoms with Crippen molar-refractivity contribution >= 4 is 18.2 Å². The summed E-state index contributed by atoms with van der Waals surface area (Å²) in [6.07, 6.45) is 5.44. The molecule has 2 heterocycles. The van der Waals surface area contributed by atoms with Crippen molar-refractivity contribution in [3.05, 3.63) is 56.6 Å². The van der Waals surface area contributed by atoms with Gasteiger partial charge >= 0.3 is 5.69 Å². The molecule has 1 saturated carbocycles. The number of benzene rings is 1. The van der Waals surface area contributed by atoms with Crippen molar-refractivity contribution < 1.29 is 0 Å². The van der Waals surface area contributed by atoms with Gasteiger partial charge in [-0.1, -0.05) is 50.6 Å². The smallest absolute Gasteiger partial charge is 0.294 e. The second-order valence-electron chi connectivity index (χ2n) is 6.94. The molecule has 4 rings (SSSR count). The van der Waals surface area contributed by atoms with Gasteiger partial charge in [0.25, 0.3) is 0 Å². The van der Waals surface area contributed by atoms with Gasteiger partial charge in [0.15, 0.2) is 11.7 Å². The van der Waals surface area contributed by atoms with Crippen molar-refractivity contribution in [3.8, 4) is 0 Å². The molecule has 1 aliphatic carbocycles. The molecular weight excluding hydrogens is 326 g/mol. The summed E-state index contributed by atoms with van der Waals surface area (Å²) in [7, 11) is 1.68. The lowest BCUT2D eigenvalue weighted by atomic mass is 10.1. The normalized spacial score (nSPS) is 17.0. The Labute approximate surface area is 152 Å². The summed E-state index contributed by atoms with van der Waals surface area (Å²) < 4.78 is 1.44. The van der Waals surface area contributed by atoms with E-state index in [1.54, 1.807) is 7.05 Å². The second kappa shape index (κ2) is 6.52. The minimum atomic E-state index is -0.321. The number of aromatic nitrogens is 2. The number of fused-ring (bicyclic) bond motifs is 1. The van der Waals surface area contributed by atoms with E-state index in [0.29, 0.717) is 22.4 Å². The Morgan fingerprint density at radius 3 is 2.54 bits per heavy atom. The van der Waals surface area contributed by atoms with E-state index in [1.807, 2.05) is 5.01 Å². The Morgan fingerprint density at radius 1 is 1.19 bits per heavy atom. The van der Waals surface area contributed by atoms with Gasteiger partial charge < -0.3 is 0 Å². The Morgan fingerprint density at radius 2 is 1.88 bits per heavy atom. The largest absolute Gasteiger partial charge is 0.349 e. The van der Waals surface area contributed by atoms with Gasteiger partial charge in [0.1, 0.15) is 5.36 Å². The average molecular weight is 349 g/mol. The highest BCUT2D eigenvalue weighted by Gasteiger charge is 2.28. The predicted molar refractivity (Wildman–Crippen MR) is 103 cm³/mol. The van der Waals surface area contributed by atoms with Gasteiger partial charge in [-0.05, 0) is 24.8 Å². The fourth-order valence-corrected chi connectivity index (χ4v) is 3.59. The molecule has 6 nitrogen and oxygen atoms in total. The average Bonchev–Trinajstić information content (AvgIpc) is 3.20. The van der Waals surface area contributed by atoms with Gasteiger partial charge in [-0.25, -0.2) is 14.8 Å². The molecule has 0 N–H and O–H groups in total. The lowest BCUT2D eigenvalue weighted by Crippen LogP contribution is -2.49. The Kier molecular flexibility index (Phi) is 4.18. The molecule has 6 heteroatoms. The van der Waals surface area contributed by atoms with Crippen molar-refractivity contribution in [2.24, 2.45) is 17.1 Å². The van der Waals surface area contributed by atoms with E-state index in [1.165, 1.54) is 23.0 Å². The maximum atomic E-state index is 12.2. The fourth-order valence-electron chi connectivity index (χ4n) is 3.59. The molecule has 2 aromatic rings. The first kappa shape index (κ1) is 16.7. The number of nitrogens with zero attached hydrogens (tertiary/aromatic N) is 5. The highest BCUT2D eigenvalue weighted by atomic mass is 16.1. The van der Waals surface area contributed by atoms with E-state index in [-0.39, 0.29) is 11.7 Å². The summed E-state index contributed by atoms with van der Waals surface area (Å²) in [5.74, 6) is 1.19. The molecule has 26 heavy (non-hydrogen) atoms. The van der Waals surface area contributed by atoms with Crippen LogP contribution in [-0.4, -0.2) is 21.4 Å². The fraction of sp³-hybridized carbons (Fsp3) is 0.400. The lowest BCUT2D eigenvalue weighted by molar-refractivity contribution is 0.602. The summed E-state index contributed by atoms with van der Waals surface area (Å²) in [6, 6.07) is 8.57. The Hall–Kier alpha value is -2.76. The van der Waals surface area contributed by atoms with Crippen LogP contribution < -0.4 is 21.4 Å². The molecule has 1 aromatic heterocycles. The zero-order valence-corrected chi connectivity index (χ0v) is 15.3. The van der Waals surface area contributed by atoms with Crippen LogP contribution in [0.4, 0.5) is 5.82 Å². The molecule has 2 aliphatic rings. The number of hydrazone groups is 1. The molecule has 0 spiro atoms. The van der Waals surface area contributed by atoms with Gasteiger partial charge in [0.05, 0.1) is 11.4 Å². The maximum absolute atomic E-state index is 12.2. The first-order chi connectivity index (χ1) is 12.6. The van der Waals surface area contributed by atoms with Gasteiger partial charge in [0.2, 0.25) is 0 Å². The number of amidine groups is 1. The van der Waals surface area contributed by atoms with Gasteiger partial charge in [0, 0.05) is 12.6 Å². The molecule has 0 unspecified atom stereocenters. The lowest BCUT2D eigenvalue weighted by Gasteiger charge is -2.28. The van der Waals surface area contributed by atoms with Crippen molar-refractivity contribution in [3.63, 3.8) is 0 Å². The molecular formula is C20H23N5O. The van der Waals surface area contributed by atoms with Gasteiger partial charge in [-0.15, -0.1) is 0 Å². The monoisotopic (exact) mass is 349 g/mol. The molecule has 1 aliphatic heterocycles. The van der Waals surface area contributed by atoms with Crippen LogP contribution in [0.2, 0.25) is 0 Å². The molecule has 0 saturated heterocycles. The molecule has 1 fully saturated rings. The number of rotatable bonds is 3. The van der Waals surface area contributed by atoms with Crippen molar-refractivity contribution in [1.82, 2.24) is 9.55 Å². The minimum absolute atomic E-state index is 0.258. The minimum Gasteiger partial charge on any atom is -0.294 e. The highest BCUT2D eigenvalue weighted by molar-refractivity contribution is 6.00. The number of aryl methyl sites for hydroxylation is 1. The van der Waals surface area contributed by atoms with Crippen molar-refractivity contribution in [1.29, 1.82) is 0 Å². The molecule has 0 radical (unpaired) electrons. The number of hydrogen-bond donors (Lipinski definition) is 0. The van der Waals surface area contributed by atoms with E-state index in [0.717, 1.165) is 24.8 Å². The van der Waals surface area contributed by atoms with Crippen LogP contribution in [0.25, 0.3) is 6.58 Å². The van der Waals surface area contributed by atoms with E-state index in [9.17, 15) is 4.79 Å². The number of anilines is 1. The van der Waals surface area contributed by atoms with Gasteiger partial charge in [-0.2, -0.15) is 10.1 Å². The summed E-state index contributed by atoms with van der Waals surface area (Å²) >= 11 is 0. The third kappa shape index (κ3) is 2.75. The van der Waals surface area contributed by atoms with E-state index in [4.69, 9.17) is 10.1 Å². The van der Waals surface area contributed by atoms with Crippen LogP contribution in [-0.2, 0) is 13.5 Å². The SMILES string of the molecule is C=c1c2c(nc(=O)n1C)N(C1CCCC1)N=C(c1ccc(CC)cc1)N=2. The molecule has 0 bridgehead atoms. The molecule has 0 amide bonds. The highest BCUT2D eigenvalue weighted by Crippen LogP contribution is 2.27. The predicted octanol–water partition coefficient (Wildman–Crippen LogP) is 1.50. The van der Waals surface area contributed by atoms with Crippen LogP contribution in [0.1, 0.15) is 43.7 Å². The Balaban J connectivity index is 1.91. The van der Waals surface area contributed by atoms with E-state index >= 15 is 0 Å². The van der Waals surface area contributed by atoms with Crippen LogP contribution in [0, 0.1) is 0 Å². The maximum Gasteiger partial charge on any atom is 0.349 e. The zero-order valence-electron chi connectivity index (χ0n) is 15.3. The van der Waals surface area contributed by atoms with Crippen LogP contribution in [0.15, 0.2) is 39.2 Å². The number of hydrogen-bond acceptors (Lipinski definition) is 5. The summed E-state index contributed by atoms with van der Waals surface area (Å²) in [5, 5.41) is 7.91. The first-order valence-corrected chi connectivity index (χ1v) is 9.20. The Bertz CT molecular complexity index is 1030. The van der Waals surface area contributed by atoms with Gasteiger partial charge in [-0.3, -0.25) is 4.57 Å². The molecule has 134 valence electrons. The second-order valence-corrected chi connectivity index (χ2v) is 6.94. The standard InChI is InChI=1S/C20H23N5O/c1-4-14-9-11-15(12-10-14)18-21-17-13(2)24(3)20(26)22-19(17)25(23-18)16-7-5-6-8-16/h9-12,16H,2,4-8H2,1,3H3. The van der Waals surface area contributed by atoms with Crippen LogP contribution in [0.3, 0.4) is 0 Å². The quantitative estimate of drug-likeness (QED) is 0.844. The molecule has 1 aromatic carbocycles. The van der Waals surface area contributed by atoms with E-state index in [2.05, 4.69) is 42.8 Å². The molecule has 0 atom stereocenters. The van der Waals surface area contributed by atoms with Crippen LogP contribution >= 0.6 is 0 Å². The zero-order chi connectivity index (χ0) is 18.3. The third-order valence-corrected chi connectivity index (χ3v) is 5.31. The topological polar surface area (TPSA) is 62.9 Å². The summed E-state index contributed by atoms with van der Waals surface area (Å²) in [4.78, 5) is 21.2. The summed E-state index contributed by atoms with van der Waals surface area (Å²) in [5.41, 5.74) is 1.92. The van der Waals surface area contributed by atoms with Crippen molar-refractivity contribution in [2.45, 2.75) is 45.1 Å². The van der Waals surface area contributed by atoms with E-state index < -0.39 is 0 Å². The summed E-state index contributed by atoms with van der Waals surface area (Å²) in [6.45, 7) is 6.19. The first-order valence-electron chi connectivity index (χ1n) is 9.20. The van der Waals surface area contributed by atoms with Crippen molar-refractivity contribution in [2.75, 3.05) is 5.01 Å². The van der Waals surface area contributed by atoms with Crippen LogP contribution in [0.5, 0.6) is 0 Å². The third-order valence-electron chi connectivity index (χ3n) is 5.31.